The van der Waals surface area contributed by atoms with Crippen molar-refractivity contribution < 1.29 is 4.39 Å². The van der Waals surface area contributed by atoms with E-state index < -0.39 is 0 Å². The third kappa shape index (κ3) is 5.59. The third-order valence-electron chi connectivity index (χ3n) is 6.82. The molecule has 0 saturated carbocycles. The van der Waals surface area contributed by atoms with Crippen molar-refractivity contribution in [3.8, 4) is 33.8 Å². The SMILES string of the molecule is CC(C)Nc1cncc(-c2cc3c(-c4cc5c(-c6cc(F)cc(NCCN(C)C)c6)ccnc5[nH]4)n[nH]c3cn2)c1. The largest absolute Gasteiger partial charge is 0.384 e. The molecule has 0 aliphatic heterocycles. The van der Waals surface area contributed by atoms with Crippen molar-refractivity contribution >= 4 is 33.3 Å². The number of hydrogen-bond acceptors (Lipinski definition) is 7. The fourth-order valence-electron chi connectivity index (χ4n) is 4.95. The predicted molar refractivity (Wildman–Crippen MR) is 163 cm³/mol. The number of H-pyrrole nitrogens is 2. The Kier molecular flexibility index (Phi) is 7.07. The van der Waals surface area contributed by atoms with E-state index in [1.54, 1.807) is 24.7 Å². The summed E-state index contributed by atoms with van der Waals surface area (Å²) >= 11 is 0. The highest BCUT2D eigenvalue weighted by molar-refractivity contribution is 6.00. The first kappa shape index (κ1) is 26.4. The topological polar surface area (TPSA) is 110 Å². The van der Waals surface area contributed by atoms with E-state index in [2.05, 4.69) is 59.5 Å². The van der Waals surface area contributed by atoms with Crippen LogP contribution in [0.1, 0.15) is 13.8 Å². The Morgan fingerprint density at radius 3 is 2.61 bits per heavy atom. The van der Waals surface area contributed by atoms with Crippen LogP contribution in [0.4, 0.5) is 15.8 Å². The monoisotopic (exact) mass is 549 g/mol. The predicted octanol–water partition coefficient (Wildman–Crippen LogP) is 6.16. The lowest BCUT2D eigenvalue weighted by Crippen LogP contribution is -2.20. The molecule has 0 unspecified atom stereocenters. The molecule has 0 bridgehead atoms. The molecule has 4 N–H and O–H groups in total. The fraction of sp³-hybridized carbons (Fsp3) is 0.226. The summed E-state index contributed by atoms with van der Waals surface area (Å²) in [6.45, 7) is 5.74. The number of hydrogen-bond donors (Lipinski definition) is 4. The quantitative estimate of drug-likeness (QED) is 0.171. The van der Waals surface area contributed by atoms with E-state index in [1.807, 2.05) is 50.6 Å². The maximum Gasteiger partial charge on any atom is 0.138 e. The third-order valence-corrected chi connectivity index (χ3v) is 6.82. The van der Waals surface area contributed by atoms with Crippen molar-refractivity contribution in [3.63, 3.8) is 0 Å². The highest BCUT2D eigenvalue weighted by Gasteiger charge is 2.16. The Hall–Kier alpha value is -4.83. The van der Waals surface area contributed by atoms with Crippen LogP contribution in [0, 0.1) is 5.82 Å². The minimum absolute atomic E-state index is 0.293. The Morgan fingerprint density at radius 1 is 0.927 bits per heavy atom. The van der Waals surface area contributed by atoms with Crippen molar-refractivity contribution in [2.45, 2.75) is 19.9 Å². The molecule has 6 rings (SSSR count). The molecule has 0 radical (unpaired) electrons. The first-order valence-corrected chi connectivity index (χ1v) is 13.6. The average Bonchev–Trinajstić information content (AvgIpc) is 3.56. The van der Waals surface area contributed by atoms with Gasteiger partial charge in [-0.25, -0.2) is 9.37 Å². The van der Waals surface area contributed by atoms with Gasteiger partial charge in [0, 0.05) is 59.7 Å². The molecule has 0 spiro atoms. The number of rotatable bonds is 9. The summed E-state index contributed by atoms with van der Waals surface area (Å²) in [5, 5.41) is 16.2. The van der Waals surface area contributed by atoms with Crippen molar-refractivity contribution in [2.75, 3.05) is 37.8 Å². The molecule has 1 aromatic carbocycles. The Balaban J connectivity index is 1.37. The second kappa shape index (κ2) is 11.0. The number of aromatic nitrogens is 6. The smallest absolute Gasteiger partial charge is 0.138 e. The minimum Gasteiger partial charge on any atom is -0.384 e. The van der Waals surface area contributed by atoms with Crippen molar-refractivity contribution in [2.24, 2.45) is 0 Å². The molecule has 0 atom stereocenters. The highest BCUT2D eigenvalue weighted by Crippen LogP contribution is 2.35. The summed E-state index contributed by atoms with van der Waals surface area (Å²) in [5.41, 5.74) is 8.11. The number of benzene rings is 1. The lowest BCUT2D eigenvalue weighted by Gasteiger charge is -2.13. The number of fused-ring (bicyclic) bond motifs is 2. The van der Waals surface area contributed by atoms with Crippen LogP contribution in [-0.4, -0.2) is 68.3 Å². The number of pyridine rings is 3. The van der Waals surface area contributed by atoms with Crippen LogP contribution in [-0.2, 0) is 0 Å². The molecule has 10 heteroatoms. The van der Waals surface area contributed by atoms with Crippen LogP contribution in [0.25, 0.3) is 55.7 Å². The molecular formula is C31H32FN9. The van der Waals surface area contributed by atoms with Crippen molar-refractivity contribution in [1.29, 1.82) is 0 Å². The summed E-state index contributed by atoms with van der Waals surface area (Å²) in [5.74, 6) is -0.295. The van der Waals surface area contributed by atoms with Crippen LogP contribution in [0.3, 0.4) is 0 Å². The van der Waals surface area contributed by atoms with Gasteiger partial charge >= 0.3 is 0 Å². The van der Waals surface area contributed by atoms with E-state index in [9.17, 15) is 4.39 Å². The summed E-state index contributed by atoms with van der Waals surface area (Å²) < 4.78 is 14.7. The van der Waals surface area contributed by atoms with Gasteiger partial charge in [-0.05, 0) is 81.5 Å². The second-order valence-corrected chi connectivity index (χ2v) is 10.7. The zero-order valence-corrected chi connectivity index (χ0v) is 23.5. The maximum atomic E-state index is 14.7. The number of anilines is 2. The van der Waals surface area contributed by atoms with Gasteiger partial charge in [0.2, 0.25) is 0 Å². The van der Waals surface area contributed by atoms with Gasteiger partial charge in [-0.2, -0.15) is 5.10 Å². The Bertz CT molecular complexity index is 1840. The lowest BCUT2D eigenvalue weighted by atomic mass is 10.0. The molecule has 41 heavy (non-hydrogen) atoms. The molecule has 0 amide bonds. The van der Waals surface area contributed by atoms with Gasteiger partial charge in [-0.15, -0.1) is 0 Å². The summed E-state index contributed by atoms with van der Waals surface area (Å²) in [7, 11) is 4.02. The molecule has 5 heterocycles. The van der Waals surface area contributed by atoms with Gasteiger partial charge in [-0.1, -0.05) is 0 Å². The van der Waals surface area contributed by atoms with Crippen LogP contribution in [0.5, 0.6) is 0 Å². The first-order valence-electron chi connectivity index (χ1n) is 13.6. The number of nitrogens with one attached hydrogen (secondary N) is 4. The van der Waals surface area contributed by atoms with E-state index in [0.29, 0.717) is 18.2 Å². The van der Waals surface area contributed by atoms with Crippen LogP contribution < -0.4 is 10.6 Å². The molecule has 9 nitrogen and oxygen atoms in total. The molecule has 0 saturated heterocycles. The van der Waals surface area contributed by atoms with Crippen LogP contribution in [0.2, 0.25) is 0 Å². The zero-order chi connectivity index (χ0) is 28.5. The Morgan fingerprint density at radius 2 is 1.78 bits per heavy atom. The van der Waals surface area contributed by atoms with Gasteiger partial charge < -0.3 is 20.5 Å². The van der Waals surface area contributed by atoms with E-state index in [0.717, 1.165) is 68.0 Å². The van der Waals surface area contributed by atoms with Gasteiger partial charge in [0.1, 0.15) is 17.2 Å². The van der Waals surface area contributed by atoms with E-state index in [4.69, 9.17) is 0 Å². The fourth-order valence-corrected chi connectivity index (χ4v) is 4.95. The Labute approximate surface area is 237 Å². The highest BCUT2D eigenvalue weighted by atomic mass is 19.1. The number of aromatic amines is 2. The van der Waals surface area contributed by atoms with Crippen molar-refractivity contribution in [1.82, 2.24) is 35.0 Å². The summed E-state index contributed by atoms with van der Waals surface area (Å²) in [6.07, 6.45) is 7.13. The molecule has 5 aromatic heterocycles. The van der Waals surface area contributed by atoms with E-state index in [1.165, 1.54) is 6.07 Å². The zero-order valence-electron chi connectivity index (χ0n) is 23.5. The molecule has 0 aliphatic rings. The minimum atomic E-state index is -0.295. The maximum absolute atomic E-state index is 14.7. The summed E-state index contributed by atoms with van der Waals surface area (Å²) in [4.78, 5) is 19.1. The van der Waals surface area contributed by atoms with E-state index in [-0.39, 0.29) is 5.82 Å². The molecule has 0 fully saturated rings. The van der Waals surface area contributed by atoms with Gasteiger partial charge in [0.25, 0.3) is 0 Å². The van der Waals surface area contributed by atoms with Gasteiger partial charge in [-0.3, -0.25) is 15.1 Å². The van der Waals surface area contributed by atoms with Crippen LogP contribution >= 0.6 is 0 Å². The standard InChI is InChI=1S/C31H32FN9/c1-18(2)37-23-11-20(15-33-16-23)27-14-26-29(17-36-27)39-40-30(26)28-13-25-24(5-6-35-31(25)38-28)19-9-21(32)12-22(10-19)34-7-8-41(3)4/h5-6,9-18,34,37H,7-8H2,1-4H3,(H,35,38)(H,39,40). The summed E-state index contributed by atoms with van der Waals surface area (Å²) in [6, 6.07) is 13.3. The second-order valence-electron chi connectivity index (χ2n) is 10.7. The lowest BCUT2D eigenvalue weighted by molar-refractivity contribution is 0.425. The van der Waals surface area contributed by atoms with Crippen LogP contribution in [0.15, 0.2) is 67.3 Å². The normalized spacial score (nSPS) is 11.7. The molecule has 6 aromatic rings. The number of likely N-dealkylation sites (N-methyl/N-ethyl adjacent to an activating group) is 1. The average molecular weight is 550 g/mol. The number of nitrogens with zero attached hydrogens (tertiary/aromatic N) is 5. The van der Waals surface area contributed by atoms with Gasteiger partial charge in [0.05, 0.1) is 28.8 Å². The molecule has 208 valence electrons. The molecular weight excluding hydrogens is 517 g/mol. The molecule has 0 aliphatic carbocycles. The van der Waals surface area contributed by atoms with Crippen molar-refractivity contribution in [3.05, 3.63) is 73.1 Å². The number of halogens is 1. The van der Waals surface area contributed by atoms with Gasteiger partial charge in [0.15, 0.2) is 0 Å². The first-order chi connectivity index (χ1) is 19.8. The van der Waals surface area contributed by atoms with E-state index >= 15 is 0 Å².